The molecule has 0 heterocycles. The molecule has 1 amide bonds. The average Bonchev–Trinajstić information content (AvgIpc) is 2.18. The number of carbonyl (C=O) groups excluding carboxylic acids is 1. The number of carbonyl (C=O) groups is 1. The topological polar surface area (TPSA) is 63.2 Å². The van der Waals surface area contributed by atoms with E-state index in [1.54, 1.807) is 0 Å². The largest absolute Gasteiger partial charge is 0.274 e. The van der Waals surface area contributed by atoms with Crippen LogP contribution in [0, 0.1) is 0 Å². The Bertz CT molecular complexity index is 379. The number of rotatable bonds is 5. The van der Waals surface area contributed by atoms with Crippen LogP contribution in [0.4, 0.5) is 0 Å². The Hall–Kier alpha value is -1.36. The van der Waals surface area contributed by atoms with Crippen LogP contribution in [0.5, 0.6) is 0 Å². The fourth-order valence-corrected chi connectivity index (χ4v) is 1.57. The van der Waals surface area contributed by atoms with E-state index in [4.69, 9.17) is 0 Å². The van der Waals surface area contributed by atoms with Gasteiger partial charge in [-0.05, 0) is 18.4 Å². The third-order valence-corrected chi connectivity index (χ3v) is 2.36. The number of hydrogen-bond donors (Lipinski definition) is 2. The van der Waals surface area contributed by atoms with E-state index in [0.717, 1.165) is 12.0 Å². The van der Waals surface area contributed by atoms with Gasteiger partial charge in [-0.15, -0.1) is 0 Å². The van der Waals surface area contributed by atoms with Crippen molar-refractivity contribution in [1.29, 1.82) is 0 Å². The summed E-state index contributed by atoms with van der Waals surface area (Å²) in [5.41, 5.74) is 1.15. The van der Waals surface area contributed by atoms with Gasteiger partial charge in [-0.2, -0.15) is 0 Å². The average molecular weight is 227 g/mol. The SMILES string of the molecule is O=C(CCCc1ccccc1)N[SH](=O)=O. The molecule has 82 valence electrons. The Kier molecular flexibility index (Phi) is 4.83. The van der Waals surface area contributed by atoms with Crippen LogP contribution >= 0.6 is 0 Å². The molecule has 0 radical (unpaired) electrons. The molecular formula is C10H13NO3S. The number of nitrogens with one attached hydrogen (secondary N) is 1. The molecule has 1 aromatic rings. The predicted octanol–water partition coefficient (Wildman–Crippen LogP) is 0.652. The summed E-state index contributed by atoms with van der Waals surface area (Å²) in [5, 5.41) is 0. The van der Waals surface area contributed by atoms with Gasteiger partial charge < -0.3 is 0 Å². The van der Waals surface area contributed by atoms with Crippen molar-refractivity contribution in [3.63, 3.8) is 0 Å². The minimum Gasteiger partial charge on any atom is -0.274 e. The molecule has 0 unspecified atom stereocenters. The first-order valence-electron chi connectivity index (χ1n) is 4.66. The zero-order chi connectivity index (χ0) is 11.1. The maximum Gasteiger partial charge on any atom is 0.233 e. The molecule has 0 saturated heterocycles. The number of thiol groups is 1. The first-order chi connectivity index (χ1) is 7.18. The van der Waals surface area contributed by atoms with E-state index in [2.05, 4.69) is 0 Å². The predicted molar refractivity (Wildman–Crippen MR) is 57.8 cm³/mol. The molecular weight excluding hydrogens is 214 g/mol. The van der Waals surface area contributed by atoms with Gasteiger partial charge in [0.1, 0.15) is 0 Å². The lowest BCUT2D eigenvalue weighted by Crippen LogP contribution is -2.20. The monoisotopic (exact) mass is 227 g/mol. The second-order valence-corrected chi connectivity index (χ2v) is 3.87. The van der Waals surface area contributed by atoms with Crippen LogP contribution in [-0.2, 0) is 22.1 Å². The minimum absolute atomic E-state index is 0.234. The molecule has 0 aliphatic carbocycles. The summed E-state index contributed by atoms with van der Waals surface area (Å²) in [4.78, 5) is 10.9. The second-order valence-electron chi connectivity index (χ2n) is 3.13. The molecule has 0 fully saturated rings. The molecule has 15 heavy (non-hydrogen) atoms. The zero-order valence-electron chi connectivity index (χ0n) is 8.18. The number of aryl methyl sites for hydroxylation is 1. The summed E-state index contributed by atoms with van der Waals surface area (Å²) in [6.07, 6.45) is 1.67. The van der Waals surface area contributed by atoms with Gasteiger partial charge in [-0.1, -0.05) is 30.3 Å². The van der Waals surface area contributed by atoms with Gasteiger partial charge in [0.25, 0.3) is 0 Å². The molecule has 0 aromatic heterocycles. The fourth-order valence-electron chi connectivity index (χ4n) is 1.26. The van der Waals surface area contributed by atoms with E-state index in [1.165, 1.54) is 0 Å². The first-order valence-corrected chi connectivity index (χ1v) is 5.84. The van der Waals surface area contributed by atoms with E-state index < -0.39 is 16.8 Å². The standard InChI is InChI=1S/C10H13NO3S/c12-10(11-15(13)14)8-4-7-9-5-2-1-3-6-9/h1-3,5-6,15H,4,7-8H2,(H,11,12,13,14). The van der Waals surface area contributed by atoms with Crippen LogP contribution in [0.3, 0.4) is 0 Å². The summed E-state index contributed by atoms with van der Waals surface area (Å²) in [6, 6.07) is 9.75. The van der Waals surface area contributed by atoms with E-state index in [0.29, 0.717) is 6.42 Å². The second kappa shape index (κ2) is 6.19. The number of amides is 1. The van der Waals surface area contributed by atoms with E-state index >= 15 is 0 Å². The van der Waals surface area contributed by atoms with Gasteiger partial charge in [0, 0.05) is 6.42 Å². The fraction of sp³-hybridized carbons (Fsp3) is 0.300. The Morgan fingerprint density at radius 3 is 2.47 bits per heavy atom. The van der Waals surface area contributed by atoms with Gasteiger partial charge in [-0.3, -0.25) is 9.52 Å². The van der Waals surface area contributed by atoms with Crippen LogP contribution in [-0.4, -0.2) is 14.3 Å². The Morgan fingerprint density at radius 2 is 1.87 bits per heavy atom. The highest BCUT2D eigenvalue weighted by Crippen LogP contribution is 2.04. The molecule has 0 bridgehead atoms. The van der Waals surface area contributed by atoms with Crippen molar-refractivity contribution in [2.45, 2.75) is 19.3 Å². The molecule has 0 saturated carbocycles. The van der Waals surface area contributed by atoms with E-state index in [9.17, 15) is 13.2 Å². The molecule has 5 heteroatoms. The molecule has 4 nitrogen and oxygen atoms in total. The molecule has 0 spiro atoms. The Balaban J connectivity index is 2.25. The van der Waals surface area contributed by atoms with Crippen molar-refractivity contribution in [3.8, 4) is 0 Å². The van der Waals surface area contributed by atoms with Crippen LogP contribution in [0.1, 0.15) is 18.4 Å². The molecule has 1 aromatic carbocycles. The van der Waals surface area contributed by atoms with Crippen LogP contribution in [0.15, 0.2) is 30.3 Å². The molecule has 0 aliphatic rings. The summed E-state index contributed by atoms with van der Waals surface area (Å²) < 4.78 is 22.1. The van der Waals surface area contributed by atoms with Crippen molar-refractivity contribution in [1.82, 2.24) is 4.72 Å². The summed E-state index contributed by atoms with van der Waals surface area (Å²) in [5.74, 6) is -0.443. The number of benzene rings is 1. The first kappa shape index (κ1) is 11.7. The third-order valence-electron chi connectivity index (χ3n) is 1.93. The van der Waals surface area contributed by atoms with Crippen molar-refractivity contribution in [2.75, 3.05) is 0 Å². The van der Waals surface area contributed by atoms with Gasteiger partial charge in [0.05, 0.1) is 0 Å². The van der Waals surface area contributed by atoms with E-state index in [1.807, 2.05) is 35.1 Å². The molecule has 0 atom stereocenters. The lowest BCUT2D eigenvalue weighted by Gasteiger charge is -2.00. The zero-order valence-corrected chi connectivity index (χ0v) is 9.07. The van der Waals surface area contributed by atoms with E-state index in [-0.39, 0.29) is 6.42 Å². The normalized spacial score (nSPS) is 10.2. The highest BCUT2D eigenvalue weighted by atomic mass is 32.2. The van der Waals surface area contributed by atoms with Gasteiger partial charge in [-0.25, -0.2) is 8.42 Å². The summed E-state index contributed by atoms with van der Waals surface area (Å²) >= 11 is 0. The maximum atomic E-state index is 10.9. The summed E-state index contributed by atoms with van der Waals surface area (Å²) in [7, 11) is -2.81. The van der Waals surface area contributed by atoms with Crippen molar-refractivity contribution < 1.29 is 13.2 Å². The lowest BCUT2D eigenvalue weighted by molar-refractivity contribution is -0.119. The highest BCUT2D eigenvalue weighted by molar-refractivity contribution is 7.71. The number of hydrogen-bond acceptors (Lipinski definition) is 3. The third kappa shape index (κ3) is 5.17. The Labute approximate surface area is 90.4 Å². The maximum absolute atomic E-state index is 10.9. The molecule has 1 N–H and O–H groups in total. The molecule has 0 aliphatic heterocycles. The van der Waals surface area contributed by atoms with Crippen LogP contribution < -0.4 is 4.72 Å². The van der Waals surface area contributed by atoms with Crippen molar-refractivity contribution in [3.05, 3.63) is 35.9 Å². The van der Waals surface area contributed by atoms with Crippen molar-refractivity contribution >= 4 is 16.8 Å². The van der Waals surface area contributed by atoms with Gasteiger partial charge >= 0.3 is 0 Å². The molecule has 1 rings (SSSR count). The van der Waals surface area contributed by atoms with Crippen molar-refractivity contribution in [2.24, 2.45) is 0 Å². The highest BCUT2D eigenvalue weighted by Gasteiger charge is 2.01. The summed E-state index contributed by atoms with van der Waals surface area (Å²) in [6.45, 7) is 0. The van der Waals surface area contributed by atoms with Crippen LogP contribution in [0.2, 0.25) is 0 Å². The van der Waals surface area contributed by atoms with Gasteiger partial charge in [0.2, 0.25) is 16.8 Å². The smallest absolute Gasteiger partial charge is 0.233 e. The van der Waals surface area contributed by atoms with Crippen LogP contribution in [0.25, 0.3) is 0 Å². The van der Waals surface area contributed by atoms with Gasteiger partial charge in [0.15, 0.2) is 0 Å². The minimum atomic E-state index is -2.81. The Morgan fingerprint density at radius 1 is 1.20 bits per heavy atom. The quantitative estimate of drug-likeness (QED) is 0.726. The lowest BCUT2D eigenvalue weighted by atomic mass is 10.1.